The number of carbonyl (C=O) groups excluding carboxylic acids is 2. The van der Waals surface area contributed by atoms with Gasteiger partial charge in [-0.2, -0.15) is 5.10 Å². The van der Waals surface area contributed by atoms with Gasteiger partial charge < -0.3 is 18.9 Å². The molecular weight excluding hydrogens is 472 g/mol. The molecule has 0 unspecified atom stereocenters. The molecule has 0 bridgehead atoms. The molecule has 2 aromatic heterocycles. The fourth-order valence-electron chi connectivity index (χ4n) is 4.22. The molecular formula is C25H27ClN4O5. The predicted octanol–water partition coefficient (Wildman–Crippen LogP) is 2.73. The summed E-state index contributed by atoms with van der Waals surface area (Å²) in [6, 6.07) is 8.01. The van der Waals surface area contributed by atoms with Crippen LogP contribution in [0.15, 0.2) is 47.5 Å². The largest absolute Gasteiger partial charge is 0.492 e. The van der Waals surface area contributed by atoms with E-state index in [4.69, 9.17) is 21.1 Å². The van der Waals surface area contributed by atoms with Crippen LogP contribution in [0.25, 0.3) is 0 Å². The summed E-state index contributed by atoms with van der Waals surface area (Å²) in [7, 11) is 3.15. The molecule has 1 aromatic carbocycles. The number of carbonyl (C=O) groups is 2. The maximum atomic E-state index is 13.0. The van der Waals surface area contributed by atoms with Crippen LogP contribution >= 0.6 is 11.6 Å². The number of pyridine rings is 1. The van der Waals surface area contributed by atoms with Crippen LogP contribution in [0.5, 0.6) is 5.75 Å². The highest BCUT2D eigenvalue weighted by Gasteiger charge is 2.27. The lowest BCUT2D eigenvalue weighted by atomic mass is 10.1. The number of rotatable bonds is 7. The minimum atomic E-state index is -0.575. The molecule has 1 aliphatic heterocycles. The van der Waals surface area contributed by atoms with Gasteiger partial charge in [0.15, 0.2) is 0 Å². The van der Waals surface area contributed by atoms with Crippen molar-refractivity contribution in [2.75, 3.05) is 26.8 Å². The van der Waals surface area contributed by atoms with Crippen molar-refractivity contribution in [2.45, 2.75) is 25.8 Å². The highest BCUT2D eigenvalue weighted by Crippen LogP contribution is 2.25. The van der Waals surface area contributed by atoms with Gasteiger partial charge in [0.1, 0.15) is 11.3 Å². The first-order valence-electron chi connectivity index (χ1n) is 11.4. The Kier molecular flexibility index (Phi) is 7.55. The molecule has 1 amide bonds. The third kappa shape index (κ3) is 5.57. The number of ether oxygens (including phenoxy) is 2. The molecule has 3 aromatic rings. The number of fused-ring (bicyclic) bond motifs is 1. The van der Waals surface area contributed by atoms with E-state index >= 15 is 0 Å². The summed E-state index contributed by atoms with van der Waals surface area (Å²) in [4.78, 5) is 40.4. The molecule has 4 rings (SSSR count). The van der Waals surface area contributed by atoms with Gasteiger partial charge in [-0.3, -0.25) is 14.3 Å². The van der Waals surface area contributed by atoms with E-state index in [-0.39, 0.29) is 29.3 Å². The van der Waals surface area contributed by atoms with E-state index in [2.05, 4.69) is 5.10 Å². The van der Waals surface area contributed by atoms with Crippen molar-refractivity contribution < 1.29 is 19.1 Å². The van der Waals surface area contributed by atoms with Crippen LogP contribution in [-0.4, -0.2) is 57.9 Å². The molecule has 184 valence electrons. The van der Waals surface area contributed by atoms with Gasteiger partial charge in [0.25, 0.3) is 11.5 Å². The van der Waals surface area contributed by atoms with Crippen LogP contribution in [0.1, 0.15) is 38.4 Å². The Balaban J connectivity index is 1.53. The standard InChI is InChI=1S/C25H27ClN4O5/c1-28-16-17(15-27-28)4-3-13-35-21-14-22(31)30-12-11-29(10-9-20(30)23(21)25(33)34-2)24(32)18-5-7-19(26)8-6-18/h5-8,14-16H,3-4,9-13H2,1-2H3. The van der Waals surface area contributed by atoms with Crippen LogP contribution in [-0.2, 0) is 31.2 Å². The van der Waals surface area contributed by atoms with Crippen molar-refractivity contribution in [3.05, 3.63) is 80.5 Å². The molecule has 0 aliphatic carbocycles. The predicted molar refractivity (Wildman–Crippen MR) is 130 cm³/mol. The quantitative estimate of drug-likeness (QED) is 0.367. The van der Waals surface area contributed by atoms with Gasteiger partial charge in [-0.15, -0.1) is 0 Å². The van der Waals surface area contributed by atoms with Crippen LogP contribution in [0, 0.1) is 0 Å². The fourth-order valence-corrected chi connectivity index (χ4v) is 4.35. The molecule has 0 fully saturated rings. The number of hydrogen-bond acceptors (Lipinski definition) is 6. The van der Waals surface area contributed by atoms with E-state index in [0.717, 1.165) is 12.0 Å². The Labute approximate surface area is 207 Å². The van der Waals surface area contributed by atoms with Gasteiger partial charge in [0.05, 0.1) is 19.9 Å². The molecule has 1 aliphatic rings. The normalized spacial score (nSPS) is 13.2. The van der Waals surface area contributed by atoms with Crippen molar-refractivity contribution in [3.63, 3.8) is 0 Å². The zero-order chi connectivity index (χ0) is 24.9. The molecule has 9 nitrogen and oxygen atoms in total. The Hall–Kier alpha value is -3.59. The summed E-state index contributed by atoms with van der Waals surface area (Å²) in [6.45, 7) is 1.26. The van der Waals surface area contributed by atoms with Crippen molar-refractivity contribution in [1.29, 1.82) is 0 Å². The number of aryl methyl sites for hydroxylation is 2. The maximum Gasteiger partial charge on any atom is 0.343 e. The molecule has 10 heteroatoms. The third-order valence-corrected chi connectivity index (χ3v) is 6.24. The maximum absolute atomic E-state index is 13.0. The summed E-state index contributed by atoms with van der Waals surface area (Å²) in [5, 5.41) is 4.70. The number of amides is 1. The van der Waals surface area contributed by atoms with Crippen LogP contribution in [0.2, 0.25) is 5.02 Å². The molecule has 35 heavy (non-hydrogen) atoms. The van der Waals surface area contributed by atoms with Crippen LogP contribution < -0.4 is 10.3 Å². The Morgan fingerprint density at radius 2 is 1.91 bits per heavy atom. The zero-order valence-corrected chi connectivity index (χ0v) is 20.5. The van der Waals surface area contributed by atoms with Gasteiger partial charge in [-0.1, -0.05) is 11.6 Å². The van der Waals surface area contributed by atoms with Gasteiger partial charge in [0, 0.05) is 61.6 Å². The second-order valence-corrected chi connectivity index (χ2v) is 8.77. The molecule has 3 heterocycles. The van der Waals surface area contributed by atoms with Crippen molar-refractivity contribution >= 4 is 23.5 Å². The zero-order valence-electron chi connectivity index (χ0n) is 19.7. The first kappa shape index (κ1) is 24.5. The molecule has 0 atom stereocenters. The number of methoxy groups -OCH3 is 1. The van der Waals surface area contributed by atoms with Crippen LogP contribution in [0.3, 0.4) is 0 Å². The summed E-state index contributed by atoms with van der Waals surface area (Å²) in [5.41, 5.74) is 2.05. The average molecular weight is 499 g/mol. The summed E-state index contributed by atoms with van der Waals surface area (Å²) >= 11 is 5.94. The second kappa shape index (κ2) is 10.8. The highest BCUT2D eigenvalue weighted by molar-refractivity contribution is 6.30. The number of nitrogens with zero attached hydrogens (tertiary/aromatic N) is 4. The van der Waals surface area contributed by atoms with Gasteiger partial charge in [-0.25, -0.2) is 4.79 Å². The molecule has 0 spiro atoms. The SMILES string of the molecule is COC(=O)c1c(OCCCc2cnn(C)c2)cc(=O)n2c1CCN(C(=O)c1ccc(Cl)cc1)CC2. The van der Waals surface area contributed by atoms with Crippen molar-refractivity contribution in [3.8, 4) is 5.75 Å². The van der Waals surface area contributed by atoms with E-state index < -0.39 is 5.97 Å². The third-order valence-electron chi connectivity index (χ3n) is 5.99. The summed E-state index contributed by atoms with van der Waals surface area (Å²) < 4.78 is 14.2. The molecule has 0 saturated carbocycles. The van der Waals surface area contributed by atoms with Gasteiger partial charge >= 0.3 is 5.97 Å². The van der Waals surface area contributed by atoms with Gasteiger partial charge in [0.2, 0.25) is 0 Å². The number of halogens is 1. The molecule has 0 N–H and O–H groups in total. The first-order chi connectivity index (χ1) is 16.9. The van der Waals surface area contributed by atoms with E-state index in [1.54, 1.807) is 40.0 Å². The molecule has 0 radical (unpaired) electrons. The van der Waals surface area contributed by atoms with Gasteiger partial charge in [-0.05, 0) is 42.7 Å². The fraction of sp³-hybridized carbons (Fsp3) is 0.360. The summed E-state index contributed by atoms with van der Waals surface area (Å²) in [5.74, 6) is -0.528. The topological polar surface area (TPSA) is 95.7 Å². The number of aromatic nitrogens is 3. The van der Waals surface area contributed by atoms with Crippen molar-refractivity contribution in [2.24, 2.45) is 7.05 Å². The smallest absolute Gasteiger partial charge is 0.343 e. The Morgan fingerprint density at radius 3 is 2.60 bits per heavy atom. The molecule has 0 saturated heterocycles. The minimum Gasteiger partial charge on any atom is -0.492 e. The first-order valence-corrected chi connectivity index (χ1v) is 11.8. The second-order valence-electron chi connectivity index (χ2n) is 8.34. The highest BCUT2D eigenvalue weighted by atomic mass is 35.5. The summed E-state index contributed by atoms with van der Waals surface area (Å²) in [6.07, 6.45) is 5.49. The lowest BCUT2D eigenvalue weighted by molar-refractivity contribution is 0.0593. The monoisotopic (exact) mass is 498 g/mol. The lowest BCUT2D eigenvalue weighted by Crippen LogP contribution is -2.34. The lowest BCUT2D eigenvalue weighted by Gasteiger charge is -2.20. The Morgan fingerprint density at radius 1 is 1.14 bits per heavy atom. The van der Waals surface area contributed by atoms with Crippen molar-refractivity contribution in [1.82, 2.24) is 19.2 Å². The van der Waals surface area contributed by atoms with Crippen LogP contribution in [0.4, 0.5) is 0 Å². The average Bonchev–Trinajstić information content (AvgIpc) is 3.13. The van der Waals surface area contributed by atoms with E-state index in [1.807, 2.05) is 13.2 Å². The van der Waals surface area contributed by atoms with E-state index in [0.29, 0.717) is 48.8 Å². The Bertz CT molecular complexity index is 1280. The number of hydrogen-bond donors (Lipinski definition) is 0. The minimum absolute atomic E-state index is 0.158. The van der Waals surface area contributed by atoms with E-state index in [1.165, 1.54) is 17.7 Å². The number of esters is 1. The number of benzene rings is 1. The van der Waals surface area contributed by atoms with E-state index in [9.17, 15) is 14.4 Å².